The third-order valence-corrected chi connectivity index (χ3v) is 4.23. The molecule has 0 radical (unpaired) electrons. The van der Waals surface area contributed by atoms with Crippen molar-refractivity contribution in [2.45, 2.75) is 20.4 Å². The molecular formula is C18H18FN5O3. The standard InChI is InChI=1S/C18H18FN5O3/c1-10-15(21-17(25)14-8-20-23(3)16(14)18(26)27)11(2)24(22-10)9-12-5-4-6-13(19)7-12/h4-8H,9H2,1-3H3,(H,21,25)(H,26,27). The fourth-order valence-electron chi connectivity index (χ4n) is 2.88. The molecule has 8 nitrogen and oxygen atoms in total. The van der Waals surface area contributed by atoms with Gasteiger partial charge >= 0.3 is 5.97 Å². The number of halogens is 1. The molecule has 0 atom stereocenters. The molecule has 0 aliphatic rings. The number of amides is 1. The number of aryl methyl sites for hydroxylation is 2. The van der Waals surface area contributed by atoms with Crippen LogP contribution in [0.15, 0.2) is 30.5 Å². The van der Waals surface area contributed by atoms with Crippen LogP contribution in [0, 0.1) is 19.7 Å². The van der Waals surface area contributed by atoms with E-state index in [1.54, 1.807) is 30.7 Å². The Kier molecular flexibility index (Phi) is 4.76. The topological polar surface area (TPSA) is 102 Å². The molecule has 3 rings (SSSR count). The summed E-state index contributed by atoms with van der Waals surface area (Å²) in [4.78, 5) is 23.9. The van der Waals surface area contributed by atoms with Crippen LogP contribution in [0.1, 0.15) is 37.8 Å². The van der Waals surface area contributed by atoms with Crippen molar-refractivity contribution in [3.8, 4) is 0 Å². The van der Waals surface area contributed by atoms with E-state index in [9.17, 15) is 19.1 Å². The molecule has 0 aliphatic heterocycles. The van der Waals surface area contributed by atoms with Crippen LogP contribution in [0.5, 0.6) is 0 Å². The Labute approximate surface area is 154 Å². The number of aromatic carboxylic acids is 1. The van der Waals surface area contributed by atoms with Gasteiger partial charge in [0.15, 0.2) is 5.69 Å². The molecule has 2 aromatic heterocycles. The molecule has 140 valence electrons. The fraction of sp³-hybridized carbons (Fsp3) is 0.222. The summed E-state index contributed by atoms with van der Waals surface area (Å²) in [6, 6.07) is 6.19. The molecule has 3 aromatic rings. The predicted molar refractivity (Wildman–Crippen MR) is 95.3 cm³/mol. The minimum absolute atomic E-state index is 0.0401. The van der Waals surface area contributed by atoms with Gasteiger partial charge in [0.25, 0.3) is 5.91 Å². The van der Waals surface area contributed by atoms with Gasteiger partial charge in [-0.2, -0.15) is 10.2 Å². The zero-order valence-electron chi connectivity index (χ0n) is 15.0. The predicted octanol–water partition coefficient (Wildman–Crippen LogP) is 2.37. The van der Waals surface area contributed by atoms with Gasteiger partial charge in [-0.05, 0) is 31.5 Å². The largest absolute Gasteiger partial charge is 0.477 e. The van der Waals surface area contributed by atoms with Crippen molar-refractivity contribution >= 4 is 17.6 Å². The van der Waals surface area contributed by atoms with Crippen LogP contribution >= 0.6 is 0 Å². The third kappa shape index (κ3) is 3.57. The summed E-state index contributed by atoms with van der Waals surface area (Å²) in [5.74, 6) is -2.16. The van der Waals surface area contributed by atoms with E-state index in [0.29, 0.717) is 23.6 Å². The van der Waals surface area contributed by atoms with E-state index in [2.05, 4.69) is 15.5 Å². The Morgan fingerprint density at radius 1 is 1.30 bits per heavy atom. The highest BCUT2D eigenvalue weighted by atomic mass is 19.1. The molecule has 1 aromatic carbocycles. The summed E-state index contributed by atoms with van der Waals surface area (Å²) in [5.41, 5.74) is 2.22. The summed E-state index contributed by atoms with van der Waals surface area (Å²) >= 11 is 0. The normalized spacial score (nSPS) is 10.8. The summed E-state index contributed by atoms with van der Waals surface area (Å²) in [6.07, 6.45) is 1.21. The SMILES string of the molecule is Cc1nn(Cc2cccc(F)c2)c(C)c1NC(=O)c1cnn(C)c1C(=O)O. The second kappa shape index (κ2) is 7.02. The number of nitrogens with one attached hydrogen (secondary N) is 1. The van der Waals surface area contributed by atoms with E-state index in [1.165, 1.54) is 25.4 Å². The quantitative estimate of drug-likeness (QED) is 0.717. The highest BCUT2D eigenvalue weighted by Gasteiger charge is 2.23. The monoisotopic (exact) mass is 371 g/mol. The van der Waals surface area contributed by atoms with Gasteiger partial charge in [0.2, 0.25) is 0 Å². The van der Waals surface area contributed by atoms with Gasteiger partial charge in [-0.1, -0.05) is 12.1 Å². The molecule has 1 amide bonds. The van der Waals surface area contributed by atoms with Crippen molar-refractivity contribution in [3.05, 3.63) is 64.5 Å². The first-order valence-electron chi connectivity index (χ1n) is 8.13. The Bertz CT molecular complexity index is 1040. The number of carbonyl (C=O) groups excluding carboxylic acids is 1. The average molecular weight is 371 g/mol. The summed E-state index contributed by atoms with van der Waals surface area (Å²) in [5, 5.41) is 20.2. The number of carboxylic acids is 1. The van der Waals surface area contributed by atoms with Crippen molar-refractivity contribution < 1.29 is 19.1 Å². The lowest BCUT2D eigenvalue weighted by Gasteiger charge is -2.07. The summed E-state index contributed by atoms with van der Waals surface area (Å²) in [6.45, 7) is 3.84. The van der Waals surface area contributed by atoms with Crippen LogP contribution in [0.2, 0.25) is 0 Å². The lowest BCUT2D eigenvalue weighted by molar-refractivity contribution is 0.0680. The number of aromatic nitrogens is 4. The van der Waals surface area contributed by atoms with Crippen molar-refractivity contribution in [1.29, 1.82) is 0 Å². The van der Waals surface area contributed by atoms with Gasteiger partial charge in [0, 0.05) is 7.05 Å². The highest BCUT2D eigenvalue weighted by molar-refractivity contribution is 6.10. The number of rotatable bonds is 5. The second-order valence-corrected chi connectivity index (χ2v) is 6.12. The average Bonchev–Trinajstić information content (AvgIpc) is 3.10. The van der Waals surface area contributed by atoms with Crippen LogP contribution < -0.4 is 5.32 Å². The minimum Gasteiger partial charge on any atom is -0.477 e. The molecule has 0 unspecified atom stereocenters. The van der Waals surface area contributed by atoms with Gasteiger partial charge in [0.05, 0.1) is 35.4 Å². The maximum Gasteiger partial charge on any atom is 0.354 e. The van der Waals surface area contributed by atoms with Gasteiger partial charge in [0.1, 0.15) is 5.82 Å². The van der Waals surface area contributed by atoms with Crippen molar-refractivity contribution in [2.75, 3.05) is 5.32 Å². The van der Waals surface area contributed by atoms with Crippen LogP contribution in [0.25, 0.3) is 0 Å². The summed E-state index contributed by atoms with van der Waals surface area (Å²) < 4.78 is 16.2. The molecule has 0 bridgehead atoms. The maximum atomic E-state index is 13.4. The lowest BCUT2D eigenvalue weighted by Crippen LogP contribution is -2.18. The van der Waals surface area contributed by atoms with E-state index in [4.69, 9.17) is 0 Å². The Hall–Kier alpha value is -3.49. The van der Waals surface area contributed by atoms with E-state index >= 15 is 0 Å². The van der Waals surface area contributed by atoms with Crippen molar-refractivity contribution in [2.24, 2.45) is 7.05 Å². The first kappa shape index (κ1) is 18.3. The number of hydrogen-bond acceptors (Lipinski definition) is 4. The van der Waals surface area contributed by atoms with E-state index in [-0.39, 0.29) is 17.1 Å². The number of benzene rings is 1. The highest BCUT2D eigenvalue weighted by Crippen LogP contribution is 2.22. The fourth-order valence-corrected chi connectivity index (χ4v) is 2.88. The molecule has 0 spiro atoms. The Balaban J connectivity index is 1.87. The van der Waals surface area contributed by atoms with Crippen LogP contribution in [0.4, 0.5) is 10.1 Å². The molecule has 0 aliphatic carbocycles. The van der Waals surface area contributed by atoms with Gasteiger partial charge < -0.3 is 10.4 Å². The van der Waals surface area contributed by atoms with Gasteiger partial charge in [-0.3, -0.25) is 14.2 Å². The van der Waals surface area contributed by atoms with Gasteiger partial charge in [-0.25, -0.2) is 9.18 Å². The molecular weight excluding hydrogens is 353 g/mol. The van der Waals surface area contributed by atoms with Crippen molar-refractivity contribution in [3.63, 3.8) is 0 Å². The van der Waals surface area contributed by atoms with Crippen LogP contribution in [-0.4, -0.2) is 36.5 Å². The molecule has 9 heteroatoms. The van der Waals surface area contributed by atoms with Gasteiger partial charge in [-0.15, -0.1) is 0 Å². The number of hydrogen-bond donors (Lipinski definition) is 2. The molecule has 0 saturated carbocycles. The van der Waals surface area contributed by atoms with E-state index < -0.39 is 11.9 Å². The minimum atomic E-state index is -1.24. The van der Waals surface area contributed by atoms with E-state index in [1.807, 2.05) is 0 Å². The first-order chi connectivity index (χ1) is 12.8. The molecule has 27 heavy (non-hydrogen) atoms. The number of anilines is 1. The molecule has 2 N–H and O–H groups in total. The smallest absolute Gasteiger partial charge is 0.354 e. The molecule has 0 saturated heterocycles. The first-order valence-corrected chi connectivity index (χ1v) is 8.13. The number of carboxylic acid groups (broad SMARTS) is 1. The zero-order chi connectivity index (χ0) is 19.7. The van der Waals surface area contributed by atoms with Crippen LogP contribution in [-0.2, 0) is 13.6 Å². The molecule has 2 heterocycles. The lowest BCUT2D eigenvalue weighted by atomic mass is 10.2. The second-order valence-electron chi connectivity index (χ2n) is 6.12. The van der Waals surface area contributed by atoms with Crippen LogP contribution in [0.3, 0.4) is 0 Å². The third-order valence-electron chi connectivity index (χ3n) is 4.23. The van der Waals surface area contributed by atoms with Crippen molar-refractivity contribution in [1.82, 2.24) is 19.6 Å². The maximum absolute atomic E-state index is 13.4. The number of nitrogens with zero attached hydrogens (tertiary/aromatic N) is 4. The Morgan fingerprint density at radius 3 is 2.70 bits per heavy atom. The molecule has 0 fully saturated rings. The Morgan fingerprint density at radius 2 is 2.04 bits per heavy atom. The van der Waals surface area contributed by atoms with E-state index in [0.717, 1.165) is 10.2 Å². The summed E-state index contributed by atoms with van der Waals surface area (Å²) in [7, 11) is 1.45. The zero-order valence-corrected chi connectivity index (χ0v) is 15.0. The number of carbonyl (C=O) groups is 2.